The number of rotatable bonds is 6. The van der Waals surface area contributed by atoms with Gasteiger partial charge in [0.1, 0.15) is 0 Å². The summed E-state index contributed by atoms with van der Waals surface area (Å²) in [6.07, 6.45) is 1.01. The first-order valence-corrected chi connectivity index (χ1v) is 11.7. The summed E-state index contributed by atoms with van der Waals surface area (Å²) in [5.74, 6) is 0.181. The van der Waals surface area contributed by atoms with Gasteiger partial charge in [0, 0.05) is 43.4 Å². The summed E-state index contributed by atoms with van der Waals surface area (Å²) in [4.78, 5) is 22.2. The van der Waals surface area contributed by atoms with E-state index in [0.717, 1.165) is 55.3 Å². The molecule has 0 N–H and O–H groups in total. The molecule has 1 atom stereocenters. The summed E-state index contributed by atoms with van der Waals surface area (Å²) in [5.41, 5.74) is 3.17. The van der Waals surface area contributed by atoms with Gasteiger partial charge < -0.3 is 14.4 Å². The van der Waals surface area contributed by atoms with Gasteiger partial charge in [0.2, 0.25) is 5.91 Å². The highest BCUT2D eigenvalue weighted by Gasteiger charge is 2.27. The van der Waals surface area contributed by atoms with Crippen LogP contribution < -0.4 is 4.90 Å². The highest BCUT2D eigenvalue weighted by Crippen LogP contribution is 2.30. The largest absolute Gasteiger partial charge is 0.368 e. The van der Waals surface area contributed by atoms with E-state index < -0.39 is 0 Å². The molecular formula is C23H27ClN4OS. The second kappa shape index (κ2) is 9.31. The molecule has 0 saturated carbocycles. The standard InChI is InChI=1S/C23H27ClN4OS/c1-3-11-28-21-10-9-18(24)16-20(21)25-23(28)30-17(2)22(29)27-14-12-26(13-15-27)19-7-5-4-6-8-19/h4-10,16-17H,3,11-15H2,1-2H3. The molecule has 0 aliphatic carbocycles. The lowest BCUT2D eigenvalue weighted by molar-refractivity contribution is -0.130. The SMILES string of the molecule is CCCn1c(SC(C)C(=O)N2CCN(c3ccccc3)CC2)nc2cc(Cl)ccc21. The van der Waals surface area contributed by atoms with E-state index in [1.54, 1.807) is 11.8 Å². The number of halogens is 1. The molecule has 0 radical (unpaired) electrons. The number of hydrogen-bond acceptors (Lipinski definition) is 4. The number of nitrogens with zero attached hydrogens (tertiary/aromatic N) is 4. The molecule has 5 nitrogen and oxygen atoms in total. The van der Waals surface area contributed by atoms with E-state index in [9.17, 15) is 4.79 Å². The molecule has 1 saturated heterocycles. The molecule has 2 heterocycles. The van der Waals surface area contributed by atoms with Crippen LogP contribution in [0.2, 0.25) is 5.02 Å². The van der Waals surface area contributed by atoms with Crippen LogP contribution in [0.5, 0.6) is 0 Å². The van der Waals surface area contributed by atoms with Crippen LogP contribution in [0.25, 0.3) is 11.0 Å². The van der Waals surface area contributed by atoms with Crippen molar-refractivity contribution in [1.29, 1.82) is 0 Å². The van der Waals surface area contributed by atoms with Crippen LogP contribution in [-0.4, -0.2) is 51.8 Å². The van der Waals surface area contributed by atoms with E-state index in [0.29, 0.717) is 5.02 Å². The normalized spacial score (nSPS) is 15.6. The minimum Gasteiger partial charge on any atom is -0.368 e. The minimum absolute atomic E-state index is 0.181. The number of fused-ring (bicyclic) bond motifs is 1. The lowest BCUT2D eigenvalue weighted by Crippen LogP contribution is -2.50. The van der Waals surface area contributed by atoms with Crippen LogP contribution in [0.15, 0.2) is 53.7 Å². The van der Waals surface area contributed by atoms with Gasteiger partial charge in [-0.3, -0.25) is 4.79 Å². The quantitative estimate of drug-likeness (QED) is 0.507. The van der Waals surface area contributed by atoms with Gasteiger partial charge in [0.15, 0.2) is 5.16 Å². The highest BCUT2D eigenvalue weighted by atomic mass is 35.5. The van der Waals surface area contributed by atoms with Gasteiger partial charge in [-0.2, -0.15) is 0 Å². The Balaban J connectivity index is 1.43. The lowest BCUT2D eigenvalue weighted by atomic mass is 10.2. The lowest BCUT2D eigenvalue weighted by Gasteiger charge is -2.37. The molecule has 3 aromatic rings. The van der Waals surface area contributed by atoms with Crippen LogP contribution in [-0.2, 0) is 11.3 Å². The molecule has 1 aromatic heterocycles. The smallest absolute Gasteiger partial charge is 0.236 e. The average Bonchev–Trinajstić information content (AvgIpc) is 3.10. The number of thioether (sulfide) groups is 1. The fraction of sp³-hybridized carbons (Fsp3) is 0.391. The molecular weight excluding hydrogens is 416 g/mol. The van der Waals surface area contributed by atoms with Crippen molar-refractivity contribution in [2.75, 3.05) is 31.1 Å². The maximum atomic E-state index is 13.1. The number of aromatic nitrogens is 2. The summed E-state index contributed by atoms with van der Waals surface area (Å²) in [7, 11) is 0. The Morgan fingerprint density at radius 1 is 1.13 bits per heavy atom. The van der Waals surface area contributed by atoms with E-state index >= 15 is 0 Å². The van der Waals surface area contributed by atoms with Gasteiger partial charge in [-0.15, -0.1) is 0 Å². The van der Waals surface area contributed by atoms with Crippen molar-refractivity contribution >= 4 is 46.0 Å². The number of piperazine rings is 1. The minimum atomic E-state index is -0.184. The number of amides is 1. The monoisotopic (exact) mass is 442 g/mol. The van der Waals surface area contributed by atoms with Crippen molar-refractivity contribution in [3.05, 3.63) is 53.6 Å². The molecule has 2 aromatic carbocycles. The molecule has 1 unspecified atom stereocenters. The fourth-order valence-corrected chi connectivity index (χ4v) is 5.10. The van der Waals surface area contributed by atoms with Crippen LogP contribution in [0, 0.1) is 0 Å². The molecule has 1 aliphatic heterocycles. The van der Waals surface area contributed by atoms with Gasteiger partial charge in [0.05, 0.1) is 16.3 Å². The number of carbonyl (C=O) groups is 1. The van der Waals surface area contributed by atoms with Crippen LogP contribution >= 0.6 is 23.4 Å². The molecule has 30 heavy (non-hydrogen) atoms. The molecule has 1 amide bonds. The van der Waals surface area contributed by atoms with Crippen molar-refractivity contribution in [1.82, 2.24) is 14.5 Å². The van der Waals surface area contributed by atoms with E-state index in [-0.39, 0.29) is 11.2 Å². The van der Waals surface area contributed by atoms with Gasteiger partial charge in [-0.05, 0) is 43.7 Å². The predicted octanol–water partition coefficient (Wildman–Crippen LogP) is 4.93. The highest BCUT2D eigenvalue weighted by molar-refractivity contribution is 8.00. The Morgan fingerprint density at radius 3 is 2.57 bits per heavy atom. The number of imidazole rings is 1. The number of hydrogen-bond donors (Lipinski definition) is 0. The fourth-order valence-electron chi connectivity index (χ4n) is 3.90. The van der Waals surface area contributed by atoms with Crippen LogP contribution in [0.3, 0.4) is 0 Å². The van der Waals surface area contributed by atoms with Crippen molar-refractivity contribution in [2.24, 2.45) is 0 Å². The summed E-state index contributed by atoms with van der Waals surface area (Å²) >= 11 is 7.69. The number of aryl methyl sites for hydroxylation is 1. The first kappa shape index (κ1) is 21.1. The Kier molecular flexibility index (Phi) is 6.54. The van der Waals surface area contributed by atoms with Gasteiger partial charge >= 0.3 is 0 Å². The number of anilines is 1. The zero-order valence-corrected chi connectivity index (χ0v) is 19.0. The molecule has 0 spiro atoms. The Hall–Kier alpha value is -2.18. The third kappa shape index (κ3) is 4.44. The van der Waals surface area contributed by atoms with Gasteiger partial charge in [0.25, 0.3) is 0 Å². The van der Waals surface area contributed by atoms with Gasteiger partial charge in [-0.25, -0.2) is 4.98 Å². The molecule has 0 bridgehead atoms. The van der Waals surface area contributed by atoms with Crippen LogP contribution in [0.1, 0.15) is 20.3 Å². The molecule has 158 valence electrons. The first-order chi connectivity index (χ1) is 14.6. The summed E-state index contributed by atoms with van der Waals surface area (Å²) in [6, 6.07) is 16.2. The summed E-state index contributed by atoms with van der Waals surface area (Å²) in [6.45, 7) is 8.23. The van der Waals surface area contributed by atoms with E-state index in [2.05, 4.69) is 40.7 Å². The maximum Gasteiger partial charge on any atom is 0.236 e. The average molecular weight is 443 g/mol. The first-order valence-electron chi connectivity index (χ1n) is 10.5. The Bertz CT molecular complexity index is 1010. The second-order valence-corrected chi connectivity index (χ2v) is 9.33. The molecule has 1 aliphatic rings. The van der Waals surface area contributed by atoms with E-state index in [1.165, 1.54) is 5.69 Å². The van der Waals surface area contributed by atoms with Crippen LogP contribution in [0.4, 0.5) is 5.69 Å². The van der Waals surface area contributed by atoms with Gasteiger partial charge in [-0.1, -0.05) is 48.5 Å². The van der Waals surface area contributed by atoms with Crippen molar-refractivity contribution in [2.45, 2.75) is 37.2 Å². The molecule has 1 fully saturated rings. The topological polar surface area (TPSA) is 41.4 Å². The van der Waals surface area contributed by atoms with E-state index in [1.807, 2.05) is 36.1 Å². The summed E-state index contributed by atoms with van der Waals surface area (Å²) < 4.78 is 2.20. The molecule has 7 heteroatoms. The zero-order chi connectivity index (χ0) is 21.1. The second-order valence-electron chi connectivity index (χ2n) is 7.59. The van der Waals surface area contributed by atoms with Crippen molar-refractivity contribution in [3.8, 4) is 0 Å². The number of carbonyl (C=O) groups excluding carboxylic acids is 1. The Morgan fingerprint density at radius 2 is 1.87 bits per heavy atom. The van der Waals surface area contributed by atoms with Crippen molar-refractivity contribution < 1.29 is 4.79 Å². The third-order valence-electron chi connectivity index (χ3n) is 5.47. The zero-order valence-electron chi connectivity index (χ0n) is 17.4. The summed E-state index contributed by atoms with van der Waals surface area (Å²) in [5, 5.41) is 1.38. The van der Waals surface area contributed by atoms with E-state index in [4.69, 9.17) is 16.6 Å². The third-order valence-corrected chi connectivity index (χ3v) is 6.78. The maximum absolute atomic E-state index is 13.1. The predicted molar refractivity (Wildman–Crippen MR) is 126 cm³/mol. The molecule has 4 rings (SSSR count). The number of benzene rings is 2. The van der Waals surface area contributed by atoms with Crippen molar-refractivity contribution in [3.63, 3.8) is 0 Å². The Labute approximate surface area is 187 Å². The number of para-hydroxylation sites is 1.